The third-order valence-electron chi connectivity index (χ3n) is 4.61. The topological polar surface area (TPSA) is 83.1 Å². The van der Waals surface area contributed by atoms with Crippen LogP contribution in [0.4, 0.5) is 13.2 Å². The molecule has 0 fully saturated rings. The van der Waals surface area contributed by atoms with E-state index in [0.29, 0.717) is 22.2 Å². The second kappa shape index (κ2) is 6.73. The van der Waals surface area contributed by atoms with E-state index in [0.717, 1.165) is 16.6 Å². The Bertz CT molecular complexity index is 1230. The smallest absolute Gasteiger partial charge is 0.501 e. The number of halogens is 4. The number of hydrogen-bond acceptors (Lipinski definition) is 4. The van der Waals surface area contributed by atoms with E-state index in [-0.39, 0.29) is 22.5 Å². The Labute approximate surface area is 174 Å². The molecule has 3 aromatic rings. The summed E-state index contributed by atoms with van der Waals surface area (Å²) in [5, 5.41) is 10.9. The molecular formula is C19H18BrF3N2O3S. The van der Waals surface area contributed by atoms with Gasteiger partial charge in [-0.1, -0.05) is 36.7 Å². The van der Waals surface area contributed by atoms with Crippen LogP contribution in [0.25, 0.3) is 22.4 Å². The number of imidazole rings is 1. The number of fused-ring (bicyclic) bond motifs is 1. The molecule has 29 heavy (non-hydrogen) atoms. The van der Waals surface area contributed by atoms with Crippen molar-refractivity contribution in [2.75, 3.05) is 0 Å². The largest absolute Gasteiger partial charge is 0.507 e. The molecule has 1 aromatic heterocycles. The normalized spacial score (nSPS) is 13.2. The predicted octanol–water partition coefficient (Wildman–Crippen LogP) is 5.60. The van der Waals surface area contributed by atoms with Gasteiger partial charge in [-0.2, -0.15) is 13.2 Å². The number of hydrogen-bond donors (Lipinski definition) is 2. The number of sulfone groups is 1. The molecule has 0 amide bonds. The van der Waals surface area contributed by atoms with Gasteiger partial charge in [-0.05, 0) is 42.2 Å². The minimum Gasteiger partial charge on any atom is -0.507 e. The van der Waals surface area contributed by atoms with Crippen molar-refractivity contribution in [2.45, 2.75) is 43.5 Å². The van der Waals surface area contributed by atoms with Crippen LogP contribution < -0.4 is 0 Å². The summed E-state index contributed by atoms with van der Waals surface area (Å²) in [4.78, 5) is 6.32. The van der Waals surface area contributed by atoms with Crippen LogP contribution in [0.3, 0.4) is 0 Å². The fraction of sp³-hybridized carbons (Fsp3) is 0.316. The van der Waals surface area contributed by atoms with E-state index in [9.17, 15) is 26.7 Å². The van der Waals surface area contributed by atoms with Crippen LogP contribution >= 0.6 is 15.9 Å². The highest BCUT2D eigenvalue weighted by Crippen LogP contribution is 2.43. The molecular weight excluding hydrogens is 473 g/mol. The first kappa shape index (κ1) is 21.6. The third-order valence-corrected chi connectivity index (χ3v) is 6.92. The first-order valence-electron chi connectivity index (χ1n) is 8.48. The number of nitrogens with one attached hydrogen (secondary N) is 1. The van der Waals surface area contributed by atoms with E-state index in [1.54, 1.807) is 6.92 Å². The lowest BCUT2D eigenvalue weighted by Crippen LogP contribution is -2.23. The molecule has 1 heterocycles. The van der Waals surface area contributed by atoms with E-state index < -0.39 is 20.2 Å². The number of aromatic nitrogens is 2. The minimum absolute atomic E-state index is 0.000364. The van der Waals surface area contributed by atoms with Crippen molar-refractivity contribution in [3.05, 3.63) is 39.9 Å². The second-order valence-corrected chi connectivity index (χ2v) is 10.5. The highest BCUT2D eigenvalue weighted by Gasteiger charge is 2.47. The first-order valence-corrected chi connectivity index (χ1v) is 10.8. The number of benzene rings is 2. The summed E-state index contributed by atoms with van der Waals surface area (Å²) in [6.45, 7) is 7.56. The fourth-order valence-electron chi connectivity index (χ4n) is 3.00. The average molecular weight is 491 g/mol. The summed E-state index contributed by atoms with van der Waals surface area (Å²) >= 11 is 3.47. The minimum atomic E-state index is -5.48. The van der Waals surface area contributed by atoms with Crippen molar-refractivity contribution in [3.63, 3.8) is 0 Å². The molecule has 2 aromatic carbocycles. The van der Waals surface area contributed by atoms with E-state index in [1.165, 1.54) is 6.07 Å². The molecule has 10 heteroatoms. The number of alkyl halides is 3. The lowest BCUT2D eigenvalue weighted by atomic mass is 9.84. The van der Waals surface area contributed by atoms with Gasteiger partial charge in [0.15, 0.2) is 0 Å². The lowest BCUT2D eigenvalue weighted by Gasteiger charge is -2.23. The molecule has 0 radical (unpaired) electrons. The van der Waals surface area contributed by atoms with Gasteiger partial charge >= 0.3 is 5.51 Å². The van der Waals surface area contributed by atoms with Crippen molar-refractivity contribution >= 4 is 36.8 Å². The SMILES string of the molecule is Cc1c(Br)cc(C(C)(C)C)c(O)c1-c1nc2cc(S(=O)(=O)C(F)(F)F)ccc2[nH]1. The summed E-state index contributed by atoms with van der Waals surface area (Å²) in [6, 6.07) is 4.78. The fourth-order valence-corrected chi connectivity index (χ4v) is 4.21. The Balaban J connectivity index is 2.24. The summed E-state index contributed by atoms with van der Waals surface area (Å²) < 4.78 is 62.6. The van der Waals surface area contributed by atoms with Gasteiger partial charge in [0.2, 0.25) is 0 Å². The maximum Gasteiger partial charge on any atom is 0.501 e. The van der Waals surface area contributed by atoms with E-state index in [4.69, 9.17) is 0 Å². The number of phenols is 1. The van der Waals surface area contributed by atoms with Crippen molar-refractivity contribution in [1.82, 2.24) is 9.97 Å². The van der Waals surface area contributed by atoms with Crippen LogP contribution in [0, 0.1) is 6.92 Å². The van der Waals surface area contributed by atoms with Crippen molar-refractivity contribution in [3.8, 4) is 17.1 Å². The molecule has 2 N–H and O–H groups in total. The van der Waals surface area contributed by atoms with Gasteiger partial charge in [0.05, 0.1) is 21.5 Å². The van der Waals surface area contributed by atoms with Crippen LogP contribution in [-0.4, -0.2) is 29.0 Å². The number of aromatic amines is 1. The molecule has 156 valence electrons. The Kier molecular flexibility index (Phi) is 5.02. The zero-order valence-electron chi connectivity index (χ0n) is 15.9. The van der Waals surface area contributed by atoms with Gasteiger partial charge < -0.3 is 10.1 Å². The summed E-state index contributed by atoms with van der Waals surface area (Å²) in [5.41, 5.74) is -3.67. The average Bonchev–Trinajstić information content (AvgIpc) is 2.98. The van der Waals surface area contributed by atoms with Gasteiger partial charge in [-0.15, -0.1) is 0 Å². The molecule has 0 unspecified atom stereocenters. The molecule has 0 saturated carbocycles. The highest BCUT2D eigenvalue weighted by molar-refractivity contribution is 9.10. The highest BCUT2D eigenvalue weighted by atomic mass is 79.9. The van der Waals surface area contributed by atoms with Crippen LogP contribution in [0.15, 0.2) is 33.6 Å². The molecule has 0 atom stereocenters. The lowest BCUT2D eigenvalue weighted by molar-refractivity contribution is -0.0435. The maximum absolute atomic E-state index is 12.8. The van der Waals surface area contributed by atoms with Gasteiger partial charge in [-0.3, -0.25) is 0 Å². The zero-order chi connectivity index (χ0) is 21.9. The second-order valence-electron chi connectivity index (χ2n) is 7.72. The summed E-state index contributed by atoms with van der Waals surface area (Å²) in [5.74, 6) is 0.226. The van der Waals surface area contributed by atoms with E-state index in [2.05, 4.69) is 25.9 Å². The van der Waals surface area contributed by atoms with E-state index in [1.807, 2.05) is 26.8 Å². The number of nitrogens with zero attached hydrogens (tertiary/aromatic N) is 1. The Morgan fingerprint density at radius 3 is 2.31 bits per heavy atom. The van der Waals surface area contributed by atoms with Crippen molar-refractivity contribution < 1.29 is 26.7 Å². The number of aromatic hydroxyl groups is 1. The van der Waals surface area contributed by atoms with Gasteiger partial charge in [0.1, 0.15) is 11.6 Å². The quantitative estimate of drug-likeness (QED) is 0.489. The first-order chi connectivity index (χ1) is 13.1. The Morgan fingerprint density at radius 1 is 1.14 bits per heavy atom. The standard InChI is InChI=1S/C19H18BrF3N2O3S/c1-9-12(20)8-11(18(2,3)4)16(26)15(9)17-24-13-6-5-10(7-14(13)25-17)29(27,28)19(21,22)23/h5-8,26H,1-4H3,(H,24,25). The van der Waals surface area contributed by atoms with Crippen LogP contribution in [0.5, 0.6) is 5.75 Å². The van der Waals surface area contributed by atoms with Crippen molar-refractivity contribution in [1.29, 1.82) is 0 Å². The molecule has 0 bridgehead atoms. The molecule has 0 spiro atoms. The molecule has 0 aliphatic rings. The zero-order valence-corrected chi connectivity index (χ0v) is 18.3. The van der Waals surface area contributed by atoms with Gasteiger partial charge in [0, 0.05) is 10.0 Å². The Morgan fingerprint density at radius 2 is 1.76 bits per heavy atom. The maximum atomic E-state index is 12.8. The van der Waals surface area contributed by atoms with Gasteiger partial charge in [-0.25, -0.2) is 13.4 Å². The van der Waals surface area contributed by atoms with Crippen LogP contribution in [0.2, 0.25) is 0 Å². The van der Waals surface area contributed by atoms with Gasteiger partial charge in [0.25, 0.3) is 9.84 Å². The van der Waals surface area contributed by atoms with Crippen LogP contribution in [0.1, 0.15) is 31.9 Å². The Hall–Kier alpha value is -2.07. The summed E-state index contributed by atoms with van der Waals surface area (Å²) in [6.07, 6.45) is 0. The number of H-pyrrole nitrogens is 1. The third kappa shape index (κ3) is 3.63. The predicted molar refractivity (Wildman–Crippen MR) is 108 cm³/mol. The molecule has 0 aliphatic carbocycles. The number of rotatable bonds is 2. The molecule has 3 rings (SSSR count). The van der Waals surface area contributed by atoms with Crippen LogP contribution in [-0.2, 0) is 15.3 Å². The van der Waals surface area contributed by atoms with E-state index >= 15 is 0 Å². The number of phenolic OH excluding ortho intramolecular Hbond substituents is 1. The molecule has 0 aliphatic heterocycles. The monoisotopic (exact) mass is 490 g/mol. The summed E-state index contributed by atoms with van der Waals surface area (Å²) in [7, 11) is -5.48. The van der Waals surface area contributed by atoms with Crippen molar-refractivity contribution in [2.24, 2.45) is 0 Å². The molecule has 5 nitrogen and oxygen atoms in total. The molecule has 0 saturated heterocycles.